The number of rotatable bonds is 13. The van der Waals surface area contributed by atoms with Crippen LogP contribution in [0.15, 0.2) is 35.3 Å². The second kappa shape index (κ2) is 17.8. The highest BCUT2D eigenvalue weighted by Gasteiger charge is 1.97. The van der Waals surface area contributed by atoms with Crippen molar-refractivity contribution in [2.24, 2.45) is 4.99 Å². The van der Waals surface area contributed by atoms with Crippen LogP contribution in [-0.4, -0.2) is 45.9 Å². The standard InChI is InChI=1S/C19H33N3O2.HI/c1-3-4-15-23-16-10-14-22-19(20-2)21-13-8-9-17-24-18-11-6-5-7-12-18;/h5-7,11-12H,3-4,8-10,13-17H2,1-2H3,(H2,20,21,22);1H. The number of unbranched alkanes of at least 4 members (excludes halogenated alkanes) is 2. The lowest BCUT2D eigenvalue weighted by Gasteiger charge is -2.12. The number of para-hydroxylation sites is 1. The molecule has 0 aliphatic heterocycles. The minimum Gasteiger partial charge on any atom is -0.494 e. The van der Waals surface area contributed by atoms with E-state index in [0.717, 1.165) is 70.3 Å². The summed E-state index contributed by atoms with van der Waals surface area (Å²) >= 11 is 0. The van der Waals surface area contributed by atoms with Gasteiger partial charge in [-0.15, -0.1) is 24.0 Å². The summed E-state index contributed by atoms with van der Waals surface area (Å²) in [4.78, 5) is 4.22. The van der Waals surface area contributed by atoms with Crippen molar-refractivity contribution in [3.05, 3.63) is 30.3 Å². The van der Waals surface area contributed by atoms with E-state index in [1.54, 1.807) is 7.05 Å². The van der Waals surface area contributed by atoms with Gasteiger partial charge in [0, 0.05) is 33.4 Å². The van der Waals surface area contributed by atoms with Crippen LogP contribution in [0.5, 0.6) is 5.75 Å². The first-order valence-electron chi connectivity index (χ1n) is 9.07. The van der Waals surface area contributed by atoms with Crippen LogP contribution in [0.2, 0.25) is 0 Å². The number of nitrogens with zero attached hydrogens (tertiary/aromatic N) is 1. The molecular weight excluding hydrogens is 429 g/mol. The summed E-state index contributed by atoms with van der Waals surface area (Å²) in [6, 6.07) is 9.93. The Morgan fingerprint density at radius 2 is 1.60 bits per heavy atom. The smallest absolute Gasteiger partial charge is 0.190 e. The first-order valence-corrected chi connectivity index (χ1v) is 9.07. The number of benzene rings is 1. The quantitative estimate of drug-likeness (QED) is 0.202. The summed E-state index contributed by atoms with van der Waals surface area (Å²) < 4.78 is 11.2. The van der Waals surface area contributed by atoms with E-state index in [-0.39, 0.29) is 24.0 Å². The van der Waals surface area contributed by atoms with Gasteiger partial charge in [0.25, 0.3) is 0 Å². The van der Waals surface area contributed by atoms with Gasteiger partial charge in [0.05, 0.1) is 6.61 Å². The number of nitrogens with one attached hydrogen (secondary N) is 2. The van der Waals surface area contributed by atoms with Crippen LogP contribution in [0.25, 0.3) is 0 Å². The normalized spacial score (nSPS) is 10.9. The van der Waals surface area contributed by atoms with Crippen LogP contribution < -0.4 is 15.4 Å². The third kappa shape index (κ3) is 13.9. The Labute approximate surface area is 170 Å². The predicted molar refractivity (Wildman–Crippen MR) is 116 cm³/mol. The van der Waals surface area contributed by atoms with Gasteiger partial charge in [0.15, 0.2) is 5.96 Å². The molecule has 0 unspecified atom stereocenters. The highest BCUT2D eigenvalue weighted by Crippen LogP contribution is 2.08. The third-order valence-corrected chi connectivity index (χ3v) is 3.50. The maximum absolute atomic E-state index is 5.67. The van der Waals surface area contributed by atoms with Gasteiger partial charge in [0.2, 0.25) is 0 Å². The van der Waals surface area contributed by atoms with Crippen molar-refractivity contribution in [3.8, 4) is 5.75 Å². The molecule has 0 spiro atoms. The molecule has 144 valence electrons. The monoisotopic (exact) mass is 463 g/mol. The lowest BCUT2D eigenvalue weighted by atomic mass is 10.3. The number of guanidine groups is 1. The van der Waals surface area contributed by atoms with Crippen LogP contribution in [0, 0.1) is 0 Å². The van der Waals surface area contributed by atoms with Gasteiger partial charge < -0.3 is 20.1 Å². The third-order valence-electron chi connectivity index (χ3n) is 3.50. The molecule has 1 aromatic carbocycles. The van der Waals surface area contributed by atoms with Gasteiger partial charge in [-0.05, 0) is 37.8 Å². The van der Waals surface area contributed by atoms with Gasteiger partial charge in [-0.25, -0.2) is 0 Å². The molecule has 0 fully saturated rings. The summed E-state index contributed by atoms with van der Waals surface area (Å²) in [6.45, 7) is 6.37. The Bertz CT molecular complexity index is 430. The van der Waals surface area contributed by atoms with E-state index in [1.165, 1.54) is 6.42 Å². The minimum absolute atomic E-state index is 0. The molecule has 0 heterocycles. The molecule has 0 bridgehead atoms. The molecule has 1 aromatic rings. The maximum Gasteiger partial charge on any atom is 0.190 e. The predicted octanol–water partition coefficient (Wildman–Crippen LogP) is 3.84. The maximum atomic E-state index is 5.67. The number of ether oxygens (including phenoxy) is 2. The molecule has 0 aromatic heterocycles. The average Bonchev–Trinajstić information content (AvgIpc) is 2.63. The molecule has 2 N–H and O–H groups in total. The molecule has 25 heavy (non-hydrogen) atoms. The van der Waals surface area contributed by atoms with E-state index < -0.39 is 0 Å². The summed E-state index contributed by atoms with van der Waals surface area (Å²) in [5.41, 5.74) is 0. The zero-order valence-electron chi connectivity index (χ0n) is 15.6. The first kappa shape index (κ1) is 24.0. The fraction of sp³-hybridized carbons (Fsp3) is 0.632. The van der Waals surface area contributed by atoms with E-state index in [1.807, 2.05) is 30.3 Å². The Morgan fingerprint density at radius 1 is 0.920 bits per heavy atom. The Kier molecular flexibility index (Phi) is 17.1. The highest BCUT2D eigenvalue weighted by molar-refractivity contribution is 14.0. The van der Waals surface area contributed by atoms with Crippen molar-refractivity contribution in [1.82, 2.24) is 10.6 Å². The molecule has 0 saturated carbocycles. The number of halogens is 1. The molecule has 0 radical (unpaired) electrons. The van der Waals surface area contributed by atoms with E-state index >= 15 is 0 Å². The van der Waals surface area contributed by atoms with Gasteiger partial charge in [-0.3, -0.25) is 4.99 Å². The number of hydrogen-bond acceptors (Lipinski definition) is 3. The van der Waals surface area contributed by atoms with Crippen molar-refractivity contribution in [3.63, 3.8) is 0 Å². The van der Waals surface area contributed by atoms with Crippen molar-refractivity contribution < 1.29 is 9.47 Å². The fourth-order valence-electron chi connectivity index (χ4n) is 2.09. The van der Waals surface area contributed by atoms with E-state index in [0.29, 0.717) is 0 Å². The Hall–Kier alpha value is -1.02. The van der Waals surface area contributed by atoms with Crippen LogP contribution in [-0.2, 0) is 4.74 Å². The van der Waals surface area contributed by atoms with Crippen molar-refractivity contribution in [2.75, 3.05) is 40.0 Å². The zero-order chi connectivity index (χ0) is 17.3. The van der Waals surface area contributed by atoms with Gasteiger partial charge in [-0.2, -0.15) is 0 Å². The molecule has 0 aliphatic carbocycles. The average molecular weight is 463 g/mol. The van der Waals surface area contributed by atoms with Crippen molar-refractivity contribution in [1.29, 1.82) is 0 Å². The first-order chi connectivity index (χ1) is 11.9. The minimum atomic E-state index is 0. The highest BCUT2D eigenvalue weighted by atomic mass is 127. The van der Waals surface area contributed by atoms with E-state index in [9.17, 15) is 0 Å². The largest absolute Gasteiger partial charge is 0.494 e. The molecule has 0 aliphatic rings. The van der Waals surface area contributed by atoms with Crippen molar-refractivity contribution in [2.45, 2.75) is 39.0 Å². The van der Waals surface area contributed by atoms with Crippen LogP contribution in [0.1, 0.15) is 39.0 Å². The summed E-state index contributed by atoms with van der Waals surface area (Å²) in [7, 11) is 1.80. The molecule has 1 rings (SSSR count). The fourth-order valence-corrected chi connectivity index (χ4v) is 2.09. The van der Waals surface area contributed by atoms with Crippen molar-refractivity contribution >= 4 is 29.9 Å². The Balaban J connectivity index is 0.00000576. The second-order valence-electron chi connectivity index (χ2n) is 5.61. The van der Waals surface area contributed by atoms with Crippen LogP contribution in [0.3, 0.4) is 0 Å². The van der Waals surface area contributed by atoms with Gasteiger partial charge in [0.1, 0.15) is 5.75 Å². The lowest BCUT2D eigenvalue weighted by molar-refractivity contribution is 0.129. The van der Waals surface area contributed by atoms with Gasteiger partial charge in [-0.1, -0.05) is 31.5 Å². The summed E-state index contributed by atoms with van der Waals surface area (Å²) in [6.07, 6.45) is 5.39. The van der Waals surface area contributed by atoms with Crippen LogP contribution in [0.4, 0.5) is 0 Å². The zero-order valence-corrected chi connectivity index (χ0v) is 18.0. The SMILES string of the molecule is CCCCOCCCNC(=NC)NCCCCOc1ccccc1.I. The summed E-state index contributed by atoms with van der Waals surface area (Å²) in [5.74, 6) is 1.79. The number of aliphatic imine (C=N–C) groups is 1. The second-order valence-corrected chi connectivity index (χ2v) is 5.61. The molecule has 5 nitrogen and oxygen atoms in total. The lowest BCUT2D eigenvalue weighted by Crippen LogP contribution is -2.38. The van der Waals surface area contributed by atoms with Crippen LogP contribution >= 0.6 is 24.0 Å². The number of hydrogen-bond donors (Lipinski definition) is 2. The van der Waals surface area contributed by atoms with E-state index in [2.05, 4.69) is 22.5 Å². The topological polar surface area (TPSA) is 54.9 Å². The van der Waals surface area contributed by atoms with E-state index in [4.69, 9.17) is 9.47 Å². The molecule has 6 heteroatoms. The van der Waals surface area contributed by atoms with Gasteiger partial charge >= 0.3 is 0 Å². The molecule has 0 amide bonds. The molecule has 0 atom stereocenters. The Morgan fingerprint density at radius 3 is 2.28 bits per heavy atom. The summed E-state index contributed by atoms with van der Waals surface area (Å²) in [5, 5.41) is 6.63. The molecule has 0 saturated heterocycles. The molecular formula is C19H34IN3O2.